The largest absolute Gasteiger partial charge is 0.369 e. The molecule has 0 aromatic carbocycles. The van der Waals surface area contributed by atoms with E-state index in [0.29, 0.717) is 12.4 Å². The summed E-state index contributed by atoms with van der Waals surface area (Å²) in [7, 11) is 0. The second-order valence-electron chi connectivity index (χ2n) is 4.20. The third-order valence-corrected chi connectivity index (χ3v) is 3.15. The average Bonchev–Trinajstić information content (AvgIpc) is 2.39. The number of urea groups is 1. The number of aromatic nitrogens is 1. The molecule has 6 nitrogen and oxygen atoms in total. The third-order valence-electron chi connectivity index (χ3n) is 3.15. The molecular weight excluding hydrogens is 218 g/mol. The SMILES string of the molecule is O=C1NCc2c(N3CCNCC3)ccnc2N1. The molecule has 0 saturated carbocycles. The fourth-order valence-corrected chi connectivity index (χ4v) is 2.29. The molecule has 0 radical (unpaired) electrons. The van der Waals surface area contributed by atoms with Crippen LogP contribution in [-0.4, -0.2) is 37.2 Å². The molecule has 0 spiro atoms. The van der Waals surface area contributed by atoms with Crippen LogP contribution in [0.2, 0.25) is 0 Å². The smallest absolute Gasteiger partial charge is 0.320 e. The van der Waals surface area contributed by atoms with E-state index in [4.69, 9.17) is 0 Å². The maximum Gasteiger partial charge on any atom is 0.320 e. The van der Waals surface area contributed by atoms with E-state index in [9.17, 15) is 4.79 Å². The van der Waals surface area contributed by atoms with Crippen molar-refractivity contribution in [3.8, 4) is 0 Å². The average molecular weight is 233 g/mol. The van der Waals surface area contributed by atoms with E-state index in [1.807, 2.05) is 6.07 Å². The number of carbonyl (C=O) groups is 1. The molecule has 1 aromatic rings. The first-order chi connectivity index (χ1) is 8.34. The molecule has 0 atom stereocenters. The van der Waals surface area contributed by atoms with E-state index in [0.717, 1.165) is 31.7 Å². The number of nitrogens with zero attached hydrogens (tertiary/aromatic N) is 2. The van der Waals surface area contributed by atoms with Crippen molar-refractivity contribution in [2.24, 2.45) is 0 Å². The van der Waals surface area contributed by atoms with Crippen LogP contribution in [0.15, 0.2) is 12.3 Å². The summed E-state index contributed by atoms with van der Waals surface area (Å²) in [6, 6.07) is 1.84. The van der Waals surface area contributed by atoms with Gasteiger partial charge in [0.25, 0.3) is 0 Å². The van der Waals surface area contributed by atoms with Crippen molar-refractivity contribution >= 4 is 17.5 Å². The molecule has 90 valence electrons. The number of amides is 2. The van der Waals surface area contributed by atoms with Crippen LogP contribution in [0, 0.1) is 0 Å². The van der Waals surface area contributed by atoms with Gasteiger partial charge in [-0.1, -0.05) is 0 Å². The van der Waals surface area contributed by atoms with E-state index >= 15 is 0 Å². The number of hydrogen-bond donors (Lipinski definition) is 3. The summed E-state index contributed by atoms with van der Waals surface area (Å²) in [5.74, 6) is 0.685. The van der Waals surface area contributed by atoms with E-state index in [1.54, 1.807) is 6.20 Å². The predicted molar refractivity (Wildman–Crippen MR) is 65.2 cm³/mol. The highest BCUT2D eigenvalue weighted by atomic mass is 16.2. The molecule has 2 amide bonds. The lowest BCUT2D eigenvalue weighted by Crippen LogP contribution is -2.44. The second-order valence-corrected chi connectivity index (χ2v) is 4.20. The minimum atomic E-state index is -0.178. The summed E-state index contributed by atoms with van der Waals surface area (Å²) in [4.78, 5) is 17.8. The van der Waals surface area contributed by atoms with Gasteiger partial charge in [-0.25, -0.2) is 9.78 Å². The molecule has 2 aliphatic heterocycles. The maximum atomic E-state index is 11.2. The van der Waals surface area contributed by atoms with Gasteiger partial charge in [0.1, 0.15) is 5.82 Å². The third kappa shape index (κ3) is 1.91. The molecule has 0 unspecified atom stereocenters. The first kappa shape index (κ1) is 10.3. The highest BCUT2D eigenvalue weighted by Gasteiger charge is 2.21. The fraction of sp³-hybridized carbons (Fsp3) is 0.455. The number of pyridine rings is 1. The van der Waals surface area contributed by atoms with Crippen molar-refractivity contribution in [3.05, 3.63) is 17.8 Å². The summed E-state index contributed by atoms with van der Waals surface area (Å²) in [6.07, 6.45) is 1.75. The van der Waals surface area contributed by atoms with Crippen LogP contribution < -0.4 is 20.9 Å². The van der Waals surface area contributed by atoms with Crippen LogP contribution in [0.5, 0.6) is 0 Å². The normalized spacial score (nSPS) is 19.3. The van der Waals surface area contributed by atoms with E-state index in [1.165, 1.54) is 5.69 Å². The molecule has 1 fully saturated rings. The molecule has 3 N–H and O–H groups in total. The Bertz CT molecular complexity index is 441. The lowest BCUT2D eigenvalue weighted by molar-refractivity contribution is 0.250. The van der Waals surface area contributed by atoms with Crippen molar-refractivity contribution in [2.75, 3.05) is 36.4 Å². The molecular formula is C11H15N5O. The number of carbonyl (C=O) groups excluding carboxylic acids is 1. The van der Waals surface area contributed by atoms with Gasteiger partial charge in [-0.05, 0) is 6.07 Å². The molecule has 6 heteroatoms. The molecule has 1 saturated heterocycles. The highest BCUT2D eigenvalue weighted by Crippen LogP contribution is 2.27. The van der Waals surface area contributed by atoms with Crippen molar-refractivity contribution in [3.63, 3.8) is 0 Å². The number of anilines is 2. The van der Waals surface area contributed by atoms with Crippen LogP contribution in [0.25, 0.3) is 0 Å². The molecule has 1 aromatic heterocycles. The lowest BCUT2D eigenvalue weighted by atomic mass is 10.1. The number of rotatable bonds is 1. The molecule has 17 heavy (non-hydrogen) atoms. The Morgan fingerprint density at radius 1 is 1.29 bits per heavy atom. The Hall–Kier alpha value is -1.82. The van der Waals surface area contributed by atoms with E-state index in [2.05, 4.69) is 25.8 Å². The predicted octanol–water partition coefficient (Wildman–Crippen LogP) is 0.126. The van der Waals surface area contributed by atoms with Crippen LogP contribution in [0.3, 0.4) is 0 Å². The van der Waals surface area contributed by atoms with Crippen LogP contribution in [-0.2, 0) is 6.54 Å². The Morgan fingerprint density at radius 3 is 2.94 bits per heavy atom. The standard InChI is InChI=1S/C11H15N5O/c17-11-14-7-8-9(1-2-13-10(8)15-11)16-5-3-12-4-6-16/h1-2,12H,3-7H2,(H2,13,14,15,17). The van der Waals surface area contributed by atoms with Crippen molar-refractivity contribution < 1.29 is 4.79 Å². The quantitative estimate of drug-likeness (QED) is 0.644. The van der Waals surface area contributed by atoms with Gasteiger partial charge >= 0.3 is 6.03 Å². The van der Waals surface area contributed by atoms with Crippen molar-refractivity contribution in [1.82, 2.24) is 15.6 Å². The topological polar surface area (TPSA) is 69.3 Å². The van der Waals surface area contributed by atoms with E-state index in [-0.39, 0.29) is 6.03 Å². The first-order valence-electron chi connectivity index (χ1n) is 5.83. The van der Waals surface area contributed by atoms with Crippen molar-refractivity contribution in [1.29, 1.82) is 0 Å². The minimum Gasteiger partial charge on any atom is -0.369 e. The zero-order valence-corrected chi connectivity index (χ0v) is 9.49. The number of hydrogen-bond acceptors (Lipinski definition) is 4. The summed E-state index contributed by atoms with van der Waals surface area (Å²) in [5.41, 5.74) is 2.25. The summed E-state index contributed by atoms with van der Waals surface area (Å²) in [6.45, 7) is 4.52. The van der Waals surface area contributed by atoms with Gasteiger partial charge in [0.15, 0.2) is 0 Å². The van der Waals surface area contributed by atoms with Crippen LogP contribution in [0.4, 0.5) is 16.3 Å². The van der Waals surface area contributed by atoms with Gasteiger partial charge < -0.3 is 15.5 Å². The second kappa shape index (κ2) is 4.21. The van der Waals surface area contributed by atoms with Gasteiger partial charge in [0.05, 0.1) is 6.54 Å². The summed E-state index contributed by atoms with van der Waals surface area (Å²) in [5, 5.41) is 8.85. The Balaban J connectivity index is 1.94. The van der Waals surface area contributed by atoms with Gasteiger partial charge in [0.2, 0.25) is 0 Å². The number of nitrogens with one attached hydrogen (secondary N) is 3. The van der Waals surface area contributed by atoms with Gasteiger partial charge in [0, 0.05) is 43.6 Å². The zero-order valence-electron chi connectivity index (χ0n) is 9.49. The minimum absolute atomic E-state index is 0.178. The highest BCUT2D eigenvalue weighted by molar-refractivity contribution is 5.92. The van der Waals surface area contributed by atoms with Gasteiger partial charge in [-0.2, -0.15) is 0 Å². The summed E-state index contributed by atoms with van der Waals surface area (Å²) < 4.78 is 0. The van der Waals surface area contributed by atoms with E-state index < -0.39 is 0 Å². The molecule has 3 rings (SSSR count). The van der Waals surface area contributed by atoms with Crippen molar-refractivity contribution in [2.45, 2.75) is 6.54 Å². The summed E-state index contributed by atoms with van der Waals surface area (Å²) >= 11 is 0. The fourth-order valence-electron chi connectivity index (χ4n) is 2.29. The Kier molecular flexibility index (Phi) is 2.56. The number of fused-ring (bicyclic) bond motifs is 1. The molecule has 3 heterocycles. The molecule has 2 aliphatic rings. The molecule has 0 bridgehead atoms. The Morgan fingerprint density at radius 2 is 2.12 bits per heavy atom. The van der Waals surface area contributed by atoms with Gasteiger partial charge in [-0.3, -0.25) is 5.32 Å². The monoisotopic (exact) mass is 233 g/mol. The van der Waals surface area contributed by atoms with Gasteiger partial charge in [-0.15, -0.1) is 0 Å². The Labute approximate surface area is 99.4 Å². The van der Waals surface area contributed by atoms with Crippen LogP contribution >= 0.6 is 0 Å². The molecule has 0 aliphatic carbocycles. The zero-order chi connectivity index (χ0) is 11.7. The maximum absolute atomic E-state index is 11.2. The lowest BCUT2D eigenvalue weighted by Gasteiger charge is -2.32. The first-order valence-corrected chi connectivity index (χ1v) is 5.83. The van der Waals surface area contributed by atoms with Crippen LogP contribution in [0.1, 0.15) is 5.56 Å². The number of piperazine rings is 1.